The van der Waals surface area contributed by atoms with Crippen molar-refractivity contribution in [1.29, 1.82) is 0 Å². The average Bonchev–Trinajstić information content (AvgIpc) is 2.55. The molecule has 2 N–H and O–H groups in total. The first-order chi connectivity index (χ1) is 11.9. The van der Waals surface area contributed by atoms with Crippen LogP contribution in [-0.4, -0.2) is 17.8 Å². The lowest BCUT2D eigenvalue weighted by Gasteiger charge is -2.38. The van der Waals surface area contributed by atoms with Crippen LogP contribution >= 0.6 is 12.2 Å². The van der Waals surface area contributed by atoms with E-state index in [1.165, 1.54) is 12.1 Å². The summed E-state index contributed by atoms with van der Waals surface area (Å²) in [5.74, 6) is 1.17. The minimum atomic E-state index is -0.363. The number of ether oxygens (including phenoxy) is 2. The highest BCUT2D eigenvalue weighted by atomic mass is 32.1. The molecule has 132 valence electrons. The fourth-order valence-corrected chi connectivity index (χ4v) is 3.21. The van der Waals surface area contributed by atoms with E-state index in [2.05, 4.69) is 10.6 Å². The minimum Gasteiger partial charge on any atom is -0.497 e. The first kappa shape index (κ1) is 17.5. The van der Waals surface area contributed by atoms with Gasteiger partial charge in [-0.1, -0.05) is 0 Å². The lowest BCUT2D eigenvalue weighted by Crippen LogP contribution is -2.42. The predicted molar refractivity (Wildman–Crippen MR) is 101 cm³/mol. The highest BCUT2D eigenvalue weighted by Gasteiger charge is 2.34. The van der Waals surface area contributed by atoms with Gasteiger partial charge in [0.15, 0.2) is 5.11 Å². The standard InChI is InChI=1S/C19H21FN2O2S/c1-19(2)11-16(15-10-12(20)4-9-17(15)24-19)22-18(25)21-13-5-7-14(23-3)8-6-13/h4-10,16H,11H2,1-3H3,(H2,21,22,25)/t16-/m1/s1. The summed E-state index contributed by atoms with van der Waals surface area (Å²) in [4.78, 5) is 0. The zero-order valence-electron chi connectivity index (χ0n) is 14.4. The first-order valence-corrected chi connectivity index (χ1v) is 8.47. The normalized spacial score (nSPS) is 17.8. The van der Waals surface area contributed by atoms with E-state index in [9.17, 15) is 4.39 Å². The average molecular weight is 360 g/mol. The van der Waals surface area contributed by atoms with Crippen molar-refractivity contribution in [2.24, 2.45) is 0 Å². The molecule has 0 saturated heterocycles. The van der Waals surface area contributed by atoms with Crippen molar-refractivity contribution in [3.63, 3.8) is 0 Å². The van der Waals surface area contributed by atoms with Gasteiger partial charge in [-0.25, -0.2) is 4.39 Å². The summed E-state index contributed by atoms with van der Waals surface area (Å²) < 4.78 is 24.8. The molecule has 2 aromatic rings. The zero-order valence-corrected chi connectivity index (χ0v) is 15.2. The largest absolute Gasteiger partial charge is 0.497 e. The zero-order chi connectivity index (χ0) is 18.0. The molecule has 0 unspecified atom stereocenters. The number of benzene rings is 2. The van der Waals surface area contributed by atoms with Gasteiger partial charge in [0.05, 0.1) is 13.2 Å². The van der Waals surface area contributed by atoms with Crippen molar-refractivity contribution >= 4 is 23.0 Å². The fraction of sp³-hybridized carbons (Fsp3) is 0.316. The monoisotopic (exact) mass is 360 g/mol. The Morgan fingerprint density at radius 3 is 2.64 bits per heavy atom. The van der Waals surface area contributed by atoms with Gasteiger partial charge in [0.1, 0.15) is 22.9 Å². The molecule has 3 rings (SSSR count). The molecule has 1 heterocycles. The molecular formula is C19H21FN2O2S. The number of methoxy groups -OCH3 is 1. The van der Waals surface area contributed by atoms with Crippen LogP contribution in [-0.2, 0) is 0 Å². The van der Waals surface area contributed by atoms with Crippen molar-refractivity contribution in [2.75, 3.05) is 12.4 Å². The number of rotatable bonds is 3. The van der Waals surface area contributed by atoms with Gasteiger partial charge >= 0.3 is 0 Å². The number of anilines is 1. The Kier molecular flexibility index (Phi) is 4.81. The first-order valence-electron chi connectivity index (χ1n) is 8.06. The lowest BCUT2D eigenvalue weighted by atomic mass is 9.90. The van der Waals surface area contributed by atoms with Crippen LogP contribution < -0.4 is 20.1 Å². The molecule has 4 nitrogen and oxygen atoms in total. The Bertz CT molecular complexity index is 777. The van der Waals surface area contributed by atoms with Crippen molar-refractivity contribution < 1.29 is 13.9 Å². The Hall–Kier alpha value is -2.34. The van der Waals surface area contributed by atoms with Crippen LogP contribution in [0, 0.1) is 5.82 Å². The van der Waals surface area contributed by atoms with Gasteiger partial charge in [0.2, 0.25) is 0 Å². The second kappa shape index (κ2) is 6.88. The molecule has 1 atom stereocenters. The fourth-order valence-electron chi connectivity index (χ4n) is 2.95. The molecule has 0 radical (unpaired) electrons. The molecule has 2 aromatic carbocycles. The Morgan fingerprint density at radius 1 is 1.24 bits per heavy atom. The predicted octanol–water partition coefficient (Wildman–Crippen LogP) is 4.42. The van der Waals surface area contributed by atoms with Crippen LogP contribution in [0.1, 0.15) is 31.9 Å². The molecule has 25 heavy (non-hydrogen) atoms. The van der Waals surface area contributed by atoms with E-state index in [-0.39, 0.29) is 17.5 Å². The van der Waals surface area contributed by atoms with Gasteiger partial charge < -0.3 is 20.1 Å². The van der Waals surface area contributed by atoms with Gasteiger partial charge in [-0.05, 0) is 68.5 Å². The van der Waals surface area contributed by atoms with Crippen LogP contribution in [0.15, 0.2) is 42.5 Å². The second-order valence-electron chi connectivity index (χ2n) is 6.63. The summed E-state index contributed by atoms with van der Waals surface area (Å²) in [5.41, 5.74) is 1.26. The van der Waals surface area contributed by atoms with E-state index < -0.39 is 0 Å². The highest BCUT2D eigenvalue weighted by Crippen LogP contribution is 2.39. The third-order valence-electron chi connectivity index (χ3n) is 4.08. The maximum absolute atomic E-state index is 13.7. The van der Waals surface area contributed by atoms with Gasteiger partial charge in [-0.2, -0.15) is 0 Å². The van der Waals surface area contributed by atoms with Crippen LogP contribution in [0.25, 0.3) is 0 Å². The molecule has 0 amide bonds. The van der Waals surface area contributed by atoms with Gasteiger partial charge in [-0.15, -0.1) is 0 Å². The van der Waals surface area contributed by atoms with E-state index in [0.717, 1.165) is 17.0 Å². The molecule has 6 heteroatoms. The number of thiocarbonyl (C=S) groups is 1. The highest BCUT2D eigenvalue weighted by molar-refractivity contribution is 7.80. The van der Waals surface area contributed by atoms with Gasteiger partial charge in [0, 0.05) is 17.7 Å². The van der Waals surface area contributed by atoms with E-state index in [4.69, 9.17) is 21.7 Å². The smallest absolute Gasteiger partial charge is 0.171 e. The number of hydrogen-bond donors (Lipinski definition) is 2. The Labute approximate surface area is 152 Å². The van der Waals surface area contributed by atoms with Crippen LogP contribution in [0.2, 0.25) is 0 Å². The summed E-state index contributed by atoms with van der Waals surface area (Å²) in [6, 6.07) is 11.9. The third-order valence-corrected chi connectivity index (χ3v) is 4.30. The molecule has 0 fully saturated rings. The van der Waals surface area contributed by atoms with Gasteiger partial charge in [-0.3, -0.25) is 0 Å². The number of nitrogens with one attached hydrogen (secondary N) is 2. The number of fused-ring (bicyclic) bond motifs is 1. The van der Waals surface area contributed by atoms with Crippen molar-refractivity contribution in [2.45, 2.75) is 31.9 Å². The van der Waals surface area contributed by atoms with E-state index in [0.29, 0.717) is 17.3 Å². The number of hydrogen-bond acceptors (Lipinski definition) is 3. The van der Waals surface area contributed by atoms with E-state index in [1.54, 1.807) is 13.2 Å². The molecular weight excluding hydrogens is 339 g/mol. The molecule has 0 saturated carbocycles. The quantitative estimate of drug-likeness (QED) is 0.793. The Balaban J connectivity index is 1.74. The summed E-state index contributed by atoms with van der Waals surface area (Å²) in [5, 5.41) is 6.90. The molecule has 0 bridgehead atoms. The van der Waals surface area contributed by atoms with Crippen molar-refractivity contribution in [3.05, 3.63) is 53.8 Å². The Morgan fingerprint density at radius 2 is 1.96 bits per heavy atom. The summed E-state index contributed by atoms with van der Waals surface area (Å²) in [7, 11) is 1.62. The van der Waals surface area contributed by atoms with Gasteiger partial charge in [0.25, 0.3) is 0 Å². The lowest BCUT2D eigenvalue weighted by molar-refractivity contribution is 0.0694. The van der Waals surface area contributed by atoms with Crippen LogP contribution in [0.3, 0.4) is 0 Å². The third kappa shape index (κ3) is 4.20. The maximum Gasteiger partial charge on any atom is 0.171 e. The molecule has 0 aliphatic carbocycles. The molecule has 1 aliphatic heterocycles. The van der Waals surface area contributed by atoms with E-state index in [1.807, 2.05) is 38.1 Å². The maximum atomic E-state index is 13.7. The van der Waals surface area contributed by atoms with Crippen LogP contribution in [0.5, 0.6) is 11.5 Å². The van der Waals surface area contributed by atoms with Crippen molar-refractivity contribution in [3.8, 4) is 11.5 Å². The van der Waals surface area contributed by atoms with Crippen molar-refractivity contribution in [1.82, 2.24) is 5.32 Å². The summed E-state index contributed by atoms with van der Waals surface area (Å²) in [6.45, 7) is 4.02. The van der Waals surface area contributed by atoms with E-state index >= 15 is 0 Å². The topological polar surface area (TPSA) is 42.5 Å². The minimum absolute atomic E-state index is 0.132. The van der Waals surface area contributed by atoms with Crippen LogP contribution in [0.4, 0.5) is 10.1 Å². The summed E-state index contributed by atoms with van der Waals surface area (Å²) in [6.07, 6.45) is 0.674. The second-order valence-corrected chi connectivity index (χ2v) is 7.04. The molecule has 1 aliphatic rings. The number of halogens is 1. The molecule has 0 spiro atoms. The molecule has 0 aromatic heterocycles. The SMILES string of the molecule is COc1ccc(NC(=S)N[C@@H]2CC(C)(C)Oc3ccc(F)cc32)cc1. The summed E-state index contributed by atoms with van der Waals surface area (Å²) >= 11 is 5.43.